The van der Waals surface area contributed by atoms with Gasteiger partial charge in [-0.3, -0.25) is 4.79 Å². The van der Waals surface area contributed by atoms with Gasteiger partial charge in [-0.1, -0.05) is 6.07 Å². The number of hydrogen-bond acceptors (Lipinski definition) is 3. The van der Waals surface area contributed by atoms with Gasteiger partial charge in [0.1, 0.15) is 5.75 Å². The van der Waals surface area contributed by atoms with Crippen LogP contribution >= 0.6 is 11.6 Å². The van der Waals surface area contributed by atoms with Crippen LogP contribution in [0.2, 0.25) is 0 Å². The van der Waals surface area contributed by atoms with Gasteiger partial charge >= 0.3 is 0 Å². The van der Waals surface area contributed by atoms with Crippen LogP contribution in [0.3, 0.4) is 0 Å². The highest BCUT2D eigenvalue weighted by atomic mass is 35.5. The minimum absolute atomic E-state index is 0.144. The van der Waals surface area contributed by atoms with E-state index in [1.807, 2.05) is 50.3 Å². The van der Waals surface area contributed by atoms with Gasteiger partial charge in [0.25, 0.3) is 0 Å². The van der Waals surface area contributed by atoms with E-state index in [4.69, 9.17) is 16.3 Å². The molecular formula is C16H25ClN2O2. The quantitative estimate of drug-likeness (QED) is 0.519. The molecule has 0 aliphatic carbocycles. The molecule has 0 saturated carbocycles. The molecule has 1 rings (SSSR count). The Morgan fingerprint density at radius 3 is 2.67 bits per heavy atom. The third kappa shape index (κ3) is 6.71. The van der Waals surface area contributed by atoms with Crippen molar-refractivity contribution in [1.82, 2.24) is 4.90 Å². The number of hydrogen-bond donors (Lipinski definition) is 0. The van der Waals surface area contributed by atoms with Crippen LogP contribution in [-0.4, -0.2) is 51.0 Å². The number of anilines is 1. The smallest absolute Gasteiger partial charge is 0.222 e. The number of carbonyl (C=O) groups is 1. The topological polar surface area (TPSA) is 32.8 Å². The van der Waals surface area contributed by atoms with Crippen LogP contribution in [-0.2, 0) is 4.79 Å². The zero-order chi connectivity index (χ0) is 15.7. The highest BCUT2D eigenvalue weighted by Crippen LogP contribution is 2.19. The molecule has 0 aliphatic rings. The number of ether oxygens (including phenoxy) is 1. The molecule has 0 aliphatic heterocycles. The van der Waals surface area contributed by atoms with E-state index >= 15 is 0 Å². The lowest BCUT2D eigenvalue weighted by molar-refractivity contribution is -0.130. The van der Waals surface area contributed by atoms with Crippen LogP contribution in [0.25, 0.3) is 0 Å². The lowest BCUT2D eigenvalue weighted by atomic mass is 10.3. The van der Waals surface area contributed by atoms with Crippen LogP contribution in [0.1, 0.15) is 19.3 Å². The minimum Gasteiger partial charge on any atom is -0.493 e. The largest absolute Gasteiger partial charge is 0.493 e. The molecule has 1 aromatic carbocycles. The summed E-state index contributed by atoms with van der Waals surface area (Å²) >= 11 is 5.59. The SMILES string of the molecule is CN(CCCOc1cccc(N(C)C)c1)C(=O)CCCCl. The fraction of sp³-hybridized carbons (Fsp3) is 0.562. The van der Waals surface area contributed by atoms with E-state index in [9.17, 15) is 4.79 Å². The molecule has 0 N–H and O–H groups in total. The first-order chi connectivity index (χ1) is 10.0. The van der Waals surface area contributed by atoms with Crippen LogP contribution in [0.5, 0.6) is 5.75 Å². The van der Waals surface area contributed by atoms with Crippen LogP contribution < -0.4 is 9.64 Å². The highest BCUT2D eigenvalue weighted by Gasteiger charge is 2.07. The zero-order valence-corrected chi connectivity index (χ0v) is 13.9. The Morgan fingerprint density at radius 2 is 2.00 bits per heavy atom. The summed E-state index contributed by atoms with van der Waals surface area (Å²) in [7, 11) is 5.82. The maximum absolute atomic E-state index is 11.7. The fourth-order valence-corrected chi connectivity index (χ4v) is 2.01. The summed E-state index contributed by atoms with van der Waals surface area (Å²) in [6.45, 7) is 1.30. The van der Waals surface area contributed by atoms with Gasteiger partial charge < -0.3 is 14.5 Å². The van der Waals surface area contributed by atoms with Gasteiger partial charge in [-0.05, 0) is 25.0 Å². The van der Waals surface area contributed by atoms with E-state index in [2.05, 4.69) is 0 Å². The molecule has 5 heteroatoms. The van der Waals surface area contributed by atoms with Crippen molar-refractivity contribution in [2.75, 3.05) is 45.1 Å². The fourth-order valence-electron chi connectivity index (χ4n) is 1.88. The van der Waals surface area contributed by atoms with E-state index in [0.717, 1.165) is 24.3 Å². The average Bonchev–Trinajstić information content (AvgIpc) is 2.49. The highest BCUT2D eigenvalue weighted by molar-refractivity contribution is 6.17. The van der Waals surface area contributed by atoms with Gasteiger partial charge in [0.05, 0.1) is 6.61 Å². The summed E-state index contributed by atoms with van der Waals surface area (Å²) < 4.78 is 5.72. The molecule has 1 amide bonds. The lowest BCUT2D eigenvalue weighted by Crippen LogP contribution is -2.28. The molecule has 0 aromatic heterocycles. The Labute approximate surface area is 132 Å². The second kappa shape index (κ2) is 9.50. The second-order valence-electron chi connectivity index (χ2n) is 5.20. The average molecular weight is 313 g/mol. The van der Waals surface area contributed by atoms with Crippen LogP contribution in [0, 0.1) is 0 Å². The van der Waals surface area contributed by atoms with Gasteiger partial charge in [0.2, 0.25) is 5.91 Å². The molecular weight excluding hydrogens is 288 g/mol. The normalized spacial score (nSPS) is 10.3. The van der Waals surface area contributed by atoms with Crippen molar-refractivity contribution >= 4 is 23.2 Å². The van der Waals surface area contributed by atoms with Gasteiger partial charge in [-0.25, -0.2) is 0 Å². The predicted molar refractivity (Wildman–Crippen MR) is 88.5 cm³/mol. The third-order valence-corrected chi connectivity index (χ3v) is 3.46. The Hall–Kier alpha value is -1.42. The van der Waals surface area contributed by atoms with Gasteiger partial charge in [0, 0.05) is 51.7 Å². The van der Waals surface area contributed by atoms with Crippen molar-refractivity contribution < 1.29 is 9.53 Å². The van der Waals surface area contributed by atoms with Crippen LogP contribution in [0.4, 0.5) is 5.69 Å². The summed E-state index contributed by atoms with van der Waals surface area (Å²) in [4.78, 5) is 15.5. The van der Waals surface area contributed by atoms with Crippen molar-refractivity contribution in [3.05, 3.63) is 24.3 Å². The Balaban J connectivity index is 2.27. The first-order valence-electron chi connectivity index (χ1n) is 7.24. The second-order valence-corrected chi connectivity index (χ2v) is 5.58. The predicted octanol–water partition coefficient (Wildman–Crippen LogP) is 3.00. The molecule has 1 aromatic rings. The molecule has 0 unspecified atom stereocenters. The molecule has 4 nitrogen and oxygen atoms in total. The molecule has 0 saturated heterocycles. The van der Waals surface area contributed by atoms with Crippen molar-refractivity contribution in [3.63, 3.8) is 0 Å². The Kier molecular flexibility index (Phi) is 7.98. The van der Waals surface area contributed by atoms with E-state index in [0.29, 0.717) is 25.5 Å². The first kappa shape index (κ1) is 17.6. The minimum atomic E-state index is 0.144. The van der Waals surface area contributed by atoms with Gasteiger partial charge in [-0.2, -0.15) is 0 Å². The first-order valence-corrected chi connectivity index (χ1v) is 7.78. The van der Waals surface area contributed by atoms with Gasteiger partial charge in [0.15, 0.2) is 0 Å². The van der Waals surface area contributed by atoms with Crippen molar-refractivity contribution in [2.24, 2.45) is 0 Å². The van der Waals surface area contributed by atoms with Crippen molar-refractivity contribution in [2.45, 2.75) is 19.3 Å². The number of benzene rings is 1. The number of alkyl halides is 1. The maximum Gasteiger partial charge on any atom is 0.222 e. The van der Waals surface area contributed by atoms with Gasteiger partial charge in [-0.15, -0.1) is 11.6 Å². The zero-order valence-electron chi connectivity index (χ0n) is 13.1. The molecule has 118 valence electrons. The lowest BCUT2D eigenvalue weighted by Gasteiger charge is -2.17. The summed E-state index contributed by atoms with van der Waals surface area (Å²) in [5, 5.41) is 0. The van der Waals surface area contributed by atoms with E-state index in [-0.39, 0.29) is 5.91 Å². The molecule has 0 fully saturated rings. The van der Waals surface area contributed by atoms with Crippen LogP contribution in [0.15, 0.2) is 24.3 Å². The number of carbonyl (C=O) groups excluding carboxylic acids is 1. The van der Waals surface area contributed by atoms with Crippen molar-refractivity contribution in [1.29, 1.82) is 0 Å². The van der Waals surface area contributed by atoms with Crippen molar-refractivity contribution in [3.8, 4) is 5.75 Å². The molecule has 21 heavy (non-hydrogen) atoms. The number of amides is 1. The third-order valence-electron chi connectivity index (χ3n) is 3.19. The molecule has 0 radical (unpaired) electrons. The monoisotopic (exact) mass is 312 g/mol. The summed E-state index contributed by atoms with van der Waals surface area (Å²) in [5.41, 5.74) is 1.11. The van der Waals surface area contributed by atoms with E-state index in [1.165, 1.54) is 0 Å². The number of halogens is 1. The maximum atomic E-state index is 11.7. The molecule has 0 atom stereocenters. The molecule has 0 bridgehead atoms. The Bertz CT molecular complexity index is 438. The Morgan fingerprint density at radius 1 is 1.24 bits per heavy atom. The van der Waals surface area contributed by atoms with E-state index < -0.39 is 0 Å². The van der Waals surface area contributed by atoms with E-state index in [1.54, 1.807) is 4.90 Å². The molecule has 0 spiro atoms. The number of nitrogens with zero attached hydrogens (tertiary/aromatic N) is 2. The summed E-state index contributed by atoms with van der Waals surface area (Å²) in [5.74, 6) is 1.54. The summed E-state index contributed by atoms with van der Waals surface area (Å²) in [6, 6.07) is 7.97. The number of rotatable bonds is 9. The molecule has 0 heterocycles. The standard InChI is InChI=1S/C16H25ClN2O2/c1-18(2)14-7-4-8-15(13-14)21-12-6-11-19(3)16(20)9-5-10-17/h4,7-8,13H,5-6,9-12H2,1-3H3. The summed E-state index contributed by atoms with van der Waals surface area (Å²) in [6.07, 6.45) is 2.07.